The lowest BCUT2D eigenvalue weighted by Gasteiger charge is -2.28. The number of hydrogen-bond acceptors (Lipinski definition) is 4. The molecule has 2 heterocycles. The number of anilines is 3. The van der Waals surface area contributed by atoms with Crippen LogP contribution >= 0.6 is 31.9 Å². The molecule has 0 amide bonds. The van der Waals surface area contributed by atoms with Gasteiger partial charge in [-0.1, -0.05) is 0 Å². The Hall–Kier alpha value is -1.11. The minimum absolute atomic E-state index is 0.801. The maximum atomic E-state index is 5.38. The molecule has 0 radical (unpaired) electrons. The Morgan fingerprint density at radius 1 is 1.10 bits per heavy atom. The molecule has 1 saturated heterocycles. The fraction of sp³-hybridized carbons (Fsp3) is 0.267. The number of ether oxygens (including phenoxy) is 1. The van der Waals surface area contributed by atoms with Crippen LogP contribution in [-0.4, -0.2) is 31.3 Å². The summed E-state index contributed by atoms with van der Waals surface area (Å²) >= 11 is 6.90. The predicted molar refractivity (Wildman–Crippen MR) is 92.4 cm³/mol. The molecule has 0 spiro atoms. The van der Waals surface area contributed by atoms with Crippen LogP contribution in [0.4, 0.5) is 17.2 Å². The minimum atomic E-state index is 0.801. The lowest BCUT2D eigenvalue weighted by Crippen LogP contribution is -2.36. The van der Waals surface area contributed by atoms with Crippen molar-refractivity contribution < 1.29 is 4.74 Å². The van der Waals surface area contributed by atoms with Crippen LogP contribution in [-0.2, 0) is 4.74 Å². The van der Waals surface area contributed by atoms with E-state index in [0.29, 0.717) is 0 Å². The molecule has 1 N–H and O–H groups in total. The molecule has 0 saturated carbocycles. The highest BCUT2D eigenvalue weighted by Crippen LogP contribution is 2.27. The van der Waals surface area contributed by atoms with E-state index in [0.717, 1.165) is 46.8 Å². The van der Waals surface area contributed by atoms with E-state index >= 15 is 0 Å². The molecular formula is C15H15Br2N3O. The molecule has 1 aliphatic rings. The van der Waals surface area contributed by atoms with Crippen LogP contribution in [0.3, 0.4) is 0 Å². The first-order valence-electron chi connectivity index (χ1n) is 6.73. The molecule has 3 rings (SSSR count). The third-order valence-electron chi connectivity index (χ3n) is 3.31. The highest BCUT2D eigenvalue weighted by atomic mass is 79.9. The van der Waals surface area contributed by atoms with Gasteiger partial charge in [0.05, 0.1) is 17.7 Å². The summed E-state index contributed by atoms with van der Waals surface area (Å²) in [6.07, 6.45) is 1.77. The van der Waals surface area contributed by atoms with Crippen molar-refractivity contribution in [3.8, 4) is 0 Å². The molecule has 0 bridgehead atoms. The fourth-order valence-electron chi connectivity index (χ4n) is 2.22. The molecule has 1 aliphatic heterocycles. The highest BCUT2D eigenvalue weighted by molar-refractivity contribution is 9.11. The first-order chi connectivity index (χ1) is 10.2. The average Bonchev–Trinajstić information content (AvgIpc) is 2.52. The predicted octanol–water partition coefficient (Wildman–Crippen LogP) is 4.19. The number of morpholine rings is 1. The lowest BCUT2D eigenvalue weighted by molar-refractivity contribution is 0.122. The molecule has 1 fully saturated rings. The van der Waals surface area contributed by atoms with E-state index in [1.54, 1.807) is 6.20 Å². The second kappa shape index (κ2) is 6.77. The van der Waals surface area contributed by atoms with E-state index < -0.39 is 0 Å². The van der Waals surface area contributed by atoms with E-state index in [4.69, 9.17) is 4.74 Å². The largest absolute Gasteiger partial charge is 0.378 e. The Kier molecular flexibility index (Phi) is 4.77. The van der Waals surface area contributed by atoms with Gasteiger partial charge in [0.1, 0.15) is 5.82 Å². The zero-order chi connectivity index (χ0) is 14.7. The van der Waals surface area contributed by atoms with Gasteiger partial charge < -0.3 is 15.0 Å². The molecule has 4 nitrogen and oxygen atoms in total. The highest BCUT2D eigenvalue weighted by Gasteiger charge is 2.11. The van der Waals surface area contributed by atoms with Gasteiger partial charge in [0.2, 0.25) is 0 Å². The maximum absolute atomic E-state index is 5.38. The molecule has 21 heavy (non-hydrogen) atoms. The van der Waals surface area contributed by atoms with Crippen molar-refractivity contribution >= 4 is 49.1 Å². The summed E-state index contributed by atoms with van der Waals surface area (Å²) in [5.74, 6) is 0.803. The van der Waals surface area contributed by atoms with Gasteiger partial charge in [-0.3, -0.25) is 0 Å². The van der Waals surface area contributed by atoms with Crippen molar-refractivity contribution in [2.45, 2.75) is 0 Å². The van der Waals surface area contributed by atoms with Crippen molar-refractivity contribution in [2.75, 3.05) is 36.5 Å². The topological polar surface area (TPSA) is 37.4 Å². The smallest absolute Gasteiger partial charge is 0.144 e. The standard InChI is InChI=1S/C15H15Br2N3O/c16-11-9-14(17)15(18-10-11)19-12-1-3-13(4-2-12)20-5-7-21-8-6-20/h1-4,9-10H,5-8H2,(H,18,19). The van der Waals surface area contributed by atoms with Crippen LogP contribution in [0.15, 0.2) is 45.5 Å². The Balaban J connectivity index is 1.71. The number of nitrogens with zero attached hydrogens (tertiary/aromatic N) is 2. The molecule has 1 aromatic heterocycles. The summed E-state index contributed by atoms with van der Waals surface area (Å²) in [6.45, 7) is 3.50. The second-order valence-electron chi connectivity index (χ2n) is 4.76. The van der Waals surface area contributed by atoms with Gasteiger partial charge in [-0.2, -0.15) is 0 Å². The third-order valence-corrected chi connectivity index (χ3v) is 4.35. The van der Waals surface area contributed by atoms with Gasteiger partial charge in [0.25, 0.3) is 0 Å². The van der Waals surface area contributed by atoms with Gasteiger partial charge >= 0.3 is 0 Å². The third kappa shape index (κ3) is 3.75. The number of aromatic nitrogens is 1. The van der Waals surface area contributed by atoms with Crippen molar-refractivity contribution in [1.82, 2.24) is 4.98 Å². The minimum Gasteiger partial charge on any atom is -0.378 e. The summed E-state index contributed by atoms with van der Waals surface area (Å²) in [5, 5.41) is 3.31. The number of pyridine rings is 1. The molecule has 2 aromatic rings. The maximum Gasteiger partial charge on any atom is 0.144 e. The quantitative estimate of drug-likeness (QED) is 0.820. The van der Waals surface area contributed by atoms with Crippen LogP contribution in [0, 0.1) is 0 Å². The summed E-state index contributed by atoms with van der Waals surface area (Å²) in [6, 6.07) is 10.4. The Morgan fingerprint density at radius 2 is 1.81 bits per heavy atom. The van der Waals surface area contributed by atoms with Crippen molar-refractivity contribution in [3.63, 3.8) is 0 Å². The number of nitrogens with one attached hydrogen (secondary N) is 1. The molecule has 0 aliphatic carbocycles. The van der Waals surface area contributed by atoms with Crippen LogP contribution in [0.25, 0.3) is 0 Å². The van der Waals surface area contributed by atoms with Gasteiger partial charge in [0.15, 0.2) is 0 Å². The van der Waals surface area contributed by atoms with Crippen molar-refractivity contribution in [2.24, 2.45) is 0 Å². The first-order valence-corrected chi connectivity index (χ1v) is 8.32. The summed E-state index contributed by atoms with van der Waals surface area (Å²) in [7, 11) is 0. The summed E-state index contributed by atoms with van der Waals surface area (Å²) in [5.41, 5.74) is 2.24. The average molecular weight is 413 g/mol. The fourth-order valence-corrected chi connectivity index (χ4v) is 3.31. The lowest BCUT2D eigenvalue weighted by atomic mass is 10.2. The molecule has 1 aromatic carbocycles. The van der Waals surface area contributed by atoms with Crippen molar-refractivity contribution in [1.29, 1.82) is 0 Å². The van der Waals surface area contributed by atoms with E-state index in [9.17, 15) is 0 Å². The van der Waals surface area contributed by atoms with E-state index in [1.165, 1.54) is 5.69 Å². The van der Waals surface area contributed by atoms with Gasteiger partial charge in [0, 0.05) is 35.1 Å². The van der Waals surface area contributed by atoms with Crippen LogP contribution in [0.2, 0.25) is 0 Å². The molecule has 0 atom stereocenters. The normalized spacial score (nSPS) is 15.0. The summed E-state index contributed by atoms with van der Waals surface area (Å²) < 4.78 is 7.25. The van der Waals surface area contributed by atoms with Crippen LogP contribution < -0.4 is 10.2 Å². The van der Waals surface area contributed by atoms with Gasteiger partial charge in [-0.05, 0) is 62.2 Å². The molecular weight excluding hydrogens is 398 g/mol. The van der Waals surface area contributed by atoms with E-state index in [2.05, 4.69) is 71.3 Å². The second-order valence-corrected chi connectivity index (χ2v) is 6.53. The SMILES string of the molecule is Brc1cnc(Nc2ccc(N3CCOCC3)cc2)c(Br)c1. The summed E-state index contributed by atoms with van der Waals surface area (Å²) in [4.78, 5) is 6.69. The molecule has 0 unspecified atom stereocenters. The number of hydrogen-bond donors (Lipinski definition) is 1. The van der Waals surface area contributed by atoms with Crippen LogP contribution in [0.5, 0.6) is 0 Å². The Morgan fingerprint density at radius 3 is 2.48 bits per heavy atom. The van der Waals surface area contributed by atoms with Gasteiger partial charge in [-0.25, -0.2) is 4.98 Å². The number of rotatable bonds is 3. The van der Waals surface area contributed by atoms with E-state index in [-0.39, 0.29) is 0 Å². The Bertz CT molecular complexity index is 613. The number of benzene rings is 1. The van der Waals surface area contributed by atoms with Gasteiger partial charge in [-0.15, -0.1) is 0 Å². The zero-order valence-electron chi connectivity index (χ0n) is 11.4. The molecule has 6 heteroatoms. The molecule has 110 valence electrons. The Labute approximate surface area is 140 Å². The monoisotopic (exact) mass is 411 g/mol. The number of halogens is 2. The van der Waals surface area contributed by atoms with Crippen molar-refractivity contribution in [3.05, 3.63) is 45.5 Å². The zero-order valence-corrected chi connectivity index (χ0v) is 14.5. The first kappa shape index (κ1) is 14.8. The van der Waals surface area contributed by atoms with E-state index in [1.807, 2.05) is 6.07 Å². The van der Waals surface area contributed by atoms with Crippen LogP contribution in [0.1, 0.15) is 0 Å².